The number of benzene rings is 2. The standard InChI is InChI=1S/C19H14ClN5O2S2/c1-2-8-25-18(27)12-9-11(20)6-7-13(12)22-19(25)28-10-16(26)21-14-4-3-5-15-17(14)24-29-23-15/h2-7,9H,1,8,10H2,(H,21,26). The number of allylic oxidation sites excluding steroid dienone is 1. The summed E-state index contributed by atoms with van der Waals surface area (Å²) >= 11 is 8.28. The maximum atomic E-state index is 12.8. The van der Waals surface area contributed by atoms with Crippen LogP contribution in [0, 0.1) is 0 Å². The predicted octanol–water partition coefficient (Wildman–Crippen LogP) is 3.97. The van der Waals surface area contributed by atoms with Gasteiger partial charge in [-0.2, -0.15) is 8.75 Å². The average molecular weight is 444 g/mol. The van der Waals surface area contributed by atoms with Crippen LogP contribution in [0.3, 0.4) is 0 Å². The lowest BCUT2D eigenvalue weighted by Gasteiger charge is -2.11. The summed E-state index contributed by atoms with van der Waals surface area (Å²) in [6, 6.07) is 10.4. The minimum Gasteiger partial charge on any atom is -0.323 e. The molecule has 0 radical (unpaired) electrons. The summed E-state index contributed by atoms with van der Waals surface area (Å²) in [6.07, 6.45) is 1.61. The molecule has 0 saturated carbocycles. The van der Waals surface area contributed by atoms with Gasteiger partial charge >= 0.3 is 0 Å². The third-order valence-electron chi connectivity index (χ3n) is 4.09. The summed E-state index contributed by atoms with van der Waals surface area (Å²) in [4.78, 5) is 29.9. The molecule has 4 aromatic rings. The first-order chi connectivity index (χ1) is 14.1. The summed E-state index contributed by atoms with van der Waals surface area (Å²) < 4.78 is 9.86. The van der Waals surface area contributed by atoms with Crippen molar-refractivity contribution < 1.29 is 4.79 Å². The third-order valence-corrected chi connectivity index (χ3v) is 5.84. The second kappa shape index (κ2) is 8.32. The molecule has 146 valence electrons. The van der Waals surface area contributed by atoms with E-state index in [0.717, 1.165) is 17.2 Å². The van der Waals surface area contributed by atoms with Crippen LogP contribution in [0.25, 0.3) is 21.9 Å². The predicted molar refractivity (Wildman–Crippen MR) is 118 cm³/mol. The summed E-state index contributed by atoms with van der Waals surface area (Å²) in [5.41, 5.74) is 2.29. The Morgan fingerprint density at radius 2 is 2.14 bits per heavy atom. The second-order valence-electron chi connectivity index (χ2n) is 6.03. The fourth-order valence-corrected chi connectivity index (χ4v) is 4.33. The normalized spacial score (nSPS) is 11.1. The highest BCUT2D eigenvalue weighted by Gasteiger charge is 2.14. The number of halogens is 1. The average Bonchev–Trinajstić information content (AvgIpc) is 3.19. The first-order valence-corrected chi connectivity index (χ1v) is 10.6. The van der Waals surface area contributed by atoms with Crippen LogP contribution in [0.5, 0.6) is 0 Å². The van der Waals surface area contributed by atoms with Crippen LogP contribution in [0.2, 0.25) is 5.02 Å². The minimum atomic E-state index is -0.230. The van der Waals surface area contributed by atoms with Crippen LogP contribution in [0.15, 0.2) is 59.0 Å². The Balaban J connectivity index is 1.58. The first-order valence-electron chi connectivity index (χ1n) is 8.52. The number of thioether (sulfide) groups is 1. The molecule has 0 spiro atoms. The topological polar surface area (TPSA) is 89.8 Å². The highest BCUT2D eigenvalue weighted by molar-refractivity contribution is 7.99. The molecular weight excluding hydrogens is 430 g/mol. The van der Waals surface area contributed by atoms with E-state index in [1.54, 1.807) is 30.3 Å². The molecule has 0 aliphatic rings. The number of amides is 1. The molecule has 0 saturated heterocycles. The second-order valence-corrected chi connectivity index (χ2v) is 7.94. The zero-order chi connectivity index (χ0) is 20.4. The van der Waals surface area contributed by atoms with Gasteiger partial charge in [-0.3, -0.25) is 14.2 Å². The van der Waals surface area contributed by atoms with Gasteiger partial charge in [-0.1, -0.05) is 35.5 Å². The fourth-order valence-electron chi connectivity index (χ4n) is 2.80. The van der Waals surface area contributed by atoms with E-state index in [9.17, 15) is 9.59 Å². The van der Waals surface area contributed by atoms with Gasteiger partial charge < -0.3 is 5.32 Å². The highest BCUT2D eigenvalue weighted by atomic mass is 35.5. The van der Waals surface area contributed by atoms with Crippen molar-refractivity contribution in [2.75, 3.05) is 11.1 Å². The summed E-state index contributed by atoms with van der Waals surface area (Å²) in [5, 5.41) is 4.17. The van der Waals surface area contributed by atoms with Gasteiger partial charge in [0.15, 0.2) is 5.16 Å². The molecule has 0 bridgehead atoms. The summed E-state index contributed by atoms with van der Waals surface area (Å²) in [5.74, 6) is -0.150. The molecule has 29 heavy (non-hydrogen) atoms. The van der Waals surface area contributed by atoms with Crippen molar-refractivity contribution >= 4 is 68.6 Å². The highest BCUT2D eigenvalue weighted by Crippen LogP contribution is 2.23. The SMILES string of the molecule is C=CCn1c(SCC(=O)Nc2cccc3nsnc23)nc2ccc(Cl)cc2c1=O. The number of nitrogens with zero attached hydrogens (tertiary/aromatic N) is 4. The molecule has 10 heteroatoms. The van der Waals surface area contributed by atoms with E-state index < -0.39 is 0 Å². The maximum Gasteiger partial charge on any atom is 0.262 e. The van der Waals surface area contributed by atoms with E-state index in [0.29, 0.717) is 32.3 Å². The van der Waals surface area contributed by atoms with E-state index in [1.165, 1.54) is 16.3 Å². The Bertz CT molecular complexity index is 1300. The number of nitrogens with one attached hydrogen (secondary N) is 1. The van der Waals surface area contributed by atoms with Crippen LogP contribution >= 0.6 is 35.1 Å². The lowest BCUT2D eigenvalue weighted by atomic mass is 10.2. The molecule has 2 heterocycles. The number of carbonyl (C=O) groups excluding carboxylic acids is 1. The van der Waals surface area contributed by atoms with Crippen molar-refractivity contribution in [1.82, 2.24) is 18.3 Å². The summed E-state index contributed by atoms with van der Waals surface area (Å²) in [7, 11) is 0. The summed E-state index contributed by atoms with van der Waals surface area (Å²) in [6.45, 7) is 3.98. The van der Waals surface area contributed by atoms with Crippen LogP contribution < -0.4 is 10.9 Å². The van der Waals surface area contributed by atoms with Crippen molar-refractivity contribution in [3.05, 3.63) is 64.4 Å². The molecule has 0 atom stereocenters. The van der Waals surface area contributed by atoms with Crippen molar-refractivity contribution in [3.63, 3.8) is 0 Å². The van der Waals surface area contributed by atoms with Gasteiger partial charge in [-0.15, -0.1) is 6.58 Å². The Hall–Kier alpha value is -2.75. The van der Waals surface area contributed by atoms with Gasteiger partial charge in [0.05, 0.1) is 34.1 Å². The molecule has 0 aliphatic carbocycles. The molecule has 4 rings (SSSR count). The van der Waals surface area contributed by atoms with Crippen LogP contribution in [0.4, 0.5) is 5.69 Å². The Labute approximate surface area is 178 Å². The van der Waals surface area contributed by atoms with Gasteiger partial charge in [0, 0.05) is 11.6 Å². The lowest BCUT2D eigenvalue weighted by Crippen LogP contribution is -2.23. The zero-order valence-electron chi connectivity index (χ0n) is 15.0. The van der Waals surface area contributed by atoms with Gasteiger partial charge in [0.25, 0.3) is 5.56 Å². The van der Waals surface area contributed by atoms with E-state index in [4.69, 9.17) is 11.6 Å². The number of carbonyl (C=O) groups is 1. The number of rotatable bonds is 6. The molecule has 1 N–H and O–H groups in total. The maximum absolute atomic E-state index is 12.8. The van der Waals surface area contributed by atoms with Crippen LogP contribution in [-0.4, -0.2) is 30.0 Å². The number of aromatic nitrogens is 4. The zero-order valence-corrected chi connectivity index (χ0v) is 17.4. The molecule has 0 unspecified atom stereocenters. The molecule has 1 amide bonds. The van der Waals surface area contributed by atoms with Gasteiger partial charge in [-0.05, 0) is 30.3 Å². The first kappa shape index (κ1) is 19.6. The van der Waals surface area contributed by atoms with Crippen molar-refractivity contribution in [2.24, 2.45) is 0 Å². The Morgan fingerprint density at radius 1 is 1.28 bits per heavy atom. The van der Waals surface area contributed by atoms with Gasteiger partial charge in [0.2, 0.25) is 5.91 Å². The Kier molecular flexibility index (Phi) is 5.61. The molecule has 0 fully saturated rings. The van der Waals surface area contributed by atoms with E-state index in [2.05, 4.69) is 25.6 Å². The van der Waals surface area contributed by atoms with E-state index in [1.807, 2.05) is 12.1 Å². The fraction of sp³-hybridized carbons (Fsp3) is 0.105. The minimum absolute atomic E-state index is 0.0800. The Morgan fingerprint density at radius 3 is 2.97 bits per heavy atom. The number of fused-ring (bicyclic) bond motifs is 2. The molecule has 2 aromatic carbocycles. The van der Waals surface area contributed by atoms with E-state index >= 15 is 0 Å². The van der Waals surface area contributed by atoms with Crippen molar-refractivity contribution in [1.29, 1.82) is 0 Å². The molecule has 0 aliphatic heterocycles. The molecule has 2 aromatic heterocycles. The number of hydrogen-bond acceptors (Lipinski definition) is 7. The van der Waals surface area contributed by atoms with Gasteiger partial charge in [0.1, 0.15) is 11.0 Å². The molecule has 7 nitrogen and oxygen atoms in total. The molecular formula is C19H14ClN5O2S2. The van der Waals surface area contributed by atoms with Crippen molar-refractivity contribution in [2.45, 2.75) is 11.7 Å². The number of anilines is 1. The smallest absolute Gasteiger partial charge is 0.262 e. The van der Waals surface area contributed by atoms with Gasteiger partial charge in [-0.25, -0.2) is 4.98 Å². The van der Waals surface area contributed by atoms with Crippen molar-refractivity contribution in [3.8, 4) is 0 Å². The van der Waals surface area contributed by atoms with E-state index in [-0.39, 0.29) is 23.8 Å². The number of hydrogen-bond donors (Lipinski definition) is 1. The third kappa shape index (κ3) is 4.02. The van der Waals surface area contributed by atoms with Crippen LogP contribution in [-0.2, 0) is 11.3 Å². The largest absolute Gasteiger partial charge is 0.323 e. The lowest BCUT2D eigenvalue weighted by molar-refractivity contribution is -0.113. The quantitative estimate of drug-likeness (QED) is 0.275. The monoisotopic (exact) mass is 443 g/mol. The van der Waals surface area contributed by atoms with Crippen LogP contribution in [0.1, 0.15) is 0 Å².